The van der Waals surface area contributed by atoms with E-state index in [4.69, 9.17) is 8.83 Å². The van der Waals surface area contributed by atoms with Crippen LogP contribution in [0.1, 0.15) is 5.56 Å². The van der Waals surface area contributed by atoms with Crippen LogP contribution in [-0.4, -0.2) is 4.57 Å². The fourth-order valence-corrected chi connectivity index (χ4v) is 7.30. The predicted octanol–water partition coefficient (Wildman–Crippen LogP) is 12.2. The maximum Gasteiger partial charge on any atom is 0.147 e. The zero-order valence-corrected chi connectivity index (χ0v) is 25.1. The number of fused-ring (bicyclic) bond motifs is 9. The van der Waals surface area contributed by atoms with Crippen LogP contribution in [0.2, 0.25) is 0 Å². The molecule has 3 heterocycles. The number of hydrogen-bond acceptors (Lipinski definition) is 2. The first-order valence-electron chi connectivity index (χ1n) is 15.7. The van der Waals surface area contributed by atoms with Gasteiger partial charge in [-0.05, 0) is 72.1 Å². The van der Waals surface area contributed by atoms with E-state index in [0.29, 0.717) is 0 Å². The standard InChI is InChI=1S/C43H27NO2/c1-26-15-21-39-33(23-26)35-25-36-34-24-30(44-37-13-7-5-11-31(37)32-12-6-8-14-38(32)44)20-22-40(34)46-43(36)41(42(35)45-39)29-18-16-28(17-19-29)27-9-3-2-4-10-27/h2-25H,1H3. The van der Waals surface area contributed by atoms with Crippen molar-refractivity contribution in [3.8, 4) is 27.9 Å². The van der Waals surface area contributed by atoms with E-state index in [-0.39, 0.29) is 0 Å². The molecule has 0 saturated heterocycles. The van der Waals surface area contributed by atoms with Crippen LogP contribution in [0.15, 0.2) is 154 Å². The van der Waals surface area contributed by atoms with Crippen molar-refractivity contribution in [3.63, 3.8) is 0 Å². The second-order valence-electron chi connectivity index (χ2n) is 12.2. The average molecular weight is 590 g/mol. The number of rotatable bonds is 3. The fourth-order valence-electron chi connectivity index (χ4n) is 7.30. The Balaban J connectivity index is 1.27. The van der Waals surface area contributed by atoms with Gasteiger partial charge in [0.1, 0.15) is 22.3 Å². The Labute approximate surface area is 264 Å². The van der Waals surface area contributed by atoms with E-state index in [1.165, 1.54) is 38.5 Å². The van der Waals surface area contributed by atoms with Gasteiger partial charge < -0.3 is 13.4 Å². The monoisotopic (exact) mass is 589 g/mol. The molecule has 0 radical (unpaired) electrons. The Kier molecular flexibility index (Phi) is 5.20. The SMILES string of the molecule is Cc1ccc2oc3c(-c4ccc(-c5ccccc5)cc4)c4oc5ccc(-n6c7ccccc7c7ccccc76)cc5c4cc3c2c1. The van der Waals surface area contributed by atoms with Crippen LogP contribution in [-0.2, 0) is 0 Å². The molecule has 0 N–H and O–H groups in total. The number of aromatic nitrogens is 1. The highest BCUT2D eigenvalue weighted by Crippen LogP contribution is 2.45. The number of nitrogens with zero attached hydrogens (tertiary/aromatic N) is 1. The Hall–Kier alpha value is -6.06. The van der Waals surface area contributed by atoms with E-state index in [1.807, 2.05) is 6.07 Å². The minimum absolute atomic E-state index is 0.838. The van der Waals surface area contributed by atoms with Crippen molar-refractivity contribution in [2.45, 2.75) is 6.92 Å². The molecule has 3 nitrogen and oxygen atoms in total. The molecule has 3 aromatic heterocycles. The summed E-state index contributed by atoms with van der Waals surface area (Å²) >= 11 is 0. The predicted molar refractivity (Wildman–Crippen MR) is 191 cm³/mol. The quantitative estimate of drug-likeness (QED) is 0.205. The van der Waals surface area contributed by atoms with Crippen LogP contribution in [0.5, 0.6) is 0 Å². The molecule has 0 aliphatic heterocycles. The third-order valence-electron chi connectivity index (χ3n) is 9.45. The second-order valence-corrected chi connectivity index (χ2v) is 12.2. The Bertz CT molecular complexity index is 2740. The molecule has 0 aliphatic rings. The summed E-state index contributed by atoms with van der Waals surface area (Å²) < 4.78 is 15.7. The third-order valence-corrected chi connectivity index (χ3v) is 9.45. The zero-order valence-electron chi connectivity index (χ0n) is 25.1. The Morgan fingerprint density at radius 1 is 0.413 bits per heavy atom. The van der Waals surface area contributed by atoms with Crippen LogP contribution in [0.3, 0.4) is 0 Å². The molecule has 216 valence electrons. The van der Waals surface area contributed by atoms with Gasteiger partial charge in [0.2, 0.25) is 0 Å². The molecule has 10 aromatic rings. The molecule has 3 heteroatoms. The summed E-state index contributed by atoms with van der Waals surface area (Å²) in [5.41, 5.74) is 12.5. The smallest absolute Gasteiger partial charge is 0.147 e. The van der Waals surface area contributed by atoms with Crippen LogP contribution in [0.25, 0.3) is 93.6 Å². The minimum Gasteiger partial charge on any atom is -0.455 e. The van der Waals surface area contributed by atoms with E-state index in [2.05, 4.69) is 151 Å². The Morgan fingerprint density at radius 2 is 0.957 bits per heavy atom. The summed E-state index contributed by atoms with van der Waals surface area (Å²) in [6, 6.07) is 51.7. The molecule has 10 rings (SSSR count). The molecular formula is C43H27NO2. The molecule has 0 saturated carbocycles. The molecule has 7 aromatic carbocycles. The minimum atomic E-state index is 0.838. The van der Waals surface area contributed by atoms with E-state index in [0.717, 1.165) is 60.7 Å². The topological polar surface area (TPSA) is 31.2 Å². The van der Waals surface area contributed by atoms with Crippen LogP contribution in [0, 0.1) is 6.92 Å². The van der Waals surface area contributed by atoms with Gasteiger partial charge >= 0.3 is 0 Å². The van der Waals surface area contributed by atoms with E-state index in [1.54, 1.807) is 0 Å². The first-order chi connectivity index (χ1) is 22.7. The lowest BCUT2D eigenvalue weighted by molar-refractivity contribution is 0.658. The maximum absolute atomic E-state index is 6.76. The molecule has 0 unspecified atom stereocenters. The molecule has 0 fully saturated rings. The maximum atomic E-state index is 6.76. The summed E-state index contributed by atoms with van der Waals surface area (Å²) in [5.74, 6) is 0. The zero-order chi connectivity index (χ0) is 30.4. The number of benzene rings is 7. The summed E-state index contributed by atoms with van der Waals surface area (Å²) in [6.45, 7) is 2.13. The van der Waals surface area contributed by atoms with Crippen molar-refractivity contribution in [1.82, 2.24) is 4.57 Å². The van der Waals surface area contributed by atoms with Gasteiger partial charge in [-0.15, -0.1) is 0 Å². The first-order valence-corrected chi connectivity index (χ1v) is 15.7. The van der Waals surface area contributed by atoms with Gasteiger partial charge in [0.15, 0.2) is 0 Å². The fraction of sp³-hybridized carbons (Fsp3) is 0.0233. The van der Waals surface area contributed by atoms with Crippen LogP contribution < -0.4 is 0 Å². The van der Waals surface area contributed by atoms with Crippen LogP contribution >= 0.6 is 0 Å². The molecule has 0 bridgehead atoms. The molecular weight excluding hydrogens is 562 g/mol. The highest BCUT2D eigenvalue weighted by Gasteiger charge is 2.22. The number of hydrogen-bond donors (Lipinski definition) is 0. The van der Waals surface area contributed by atoms with Gasteiger partial charge in [-0.25, -0.2) is 0 Å². The second kappa shape index (κ2) is 9.47. The van der Waals surface area contributed by atoms with Crippen molar-refractivity contribution in [2.75, 3.05) is 0 Å². The summed E-state index contributed by atoms with van der Waals surface area (Å²) in [7, 11) is 0. The van der Waals surface area contributed by atoms with E-state index >= 15 is 0 Å². The number of furan rings is 2. The average Bonchev–Trinajstić information content (AvgIpc) is 3.77. The Morgan fingerprint density at radius 3 is 1.63 bits per heavy atom. The van der Waals surface area contributed by atoms with Crippen molar-refractivity contribution in [1.29, 1.82) is 0 Å². The lowest BCUT2D eigenvalue weighted by atomic mass is 9.96. The molecule has 0 atom stereocenters. The van der Waals surface area contributed by atoms with Gasteiger partial charge in [-0.1, -0.05) is 103 Å². The van der Waals surface area contributed by atoms with Gasteiger partial charge in [0.25, 0.3) is 0 Å². The summed E-state index contributed by atoms with van der Waals surface area (Å²) in [5, 5.41) is 6.87. The van der Waals surface area contributed by atoms with Crippen LogP contribution in [0.4, 0.5) is 0 Å². The third kappa shape index (κ3) is 3.60. The lowest BCUT2D eigenvalue weighted by Crippen LogP contribution is -1.93. The summed E-state index contributed by atoms with van der Waals surface area (Å²) in [4.78, 5) is 0. The molecule has 46 heavy (non-hydrogen) atoms. The molecule has 0 amide bonds. The highest BCUT2D eigenvalue weighted by molar-refractivity contribution is 6.22. The van der Waals surface area contributed by atoms with Gasteiger partial charge in [-0.2, -0.15) is 0 Å². The number of para-hydroxylation sites is 2. The van der Waals surface area contributed by atoms with Crippen molar-refractivity contribution in [3.05, 3.63) is 151 Å². The van der Waals surface area contributed by atoms with Gasteiger partial charge in [-0.3, -0.25) is 0 Å². The highest BCUT2D eigenvalue weighted by atomic mass is 16.3. The first kappa shape index (κ1) is 25.3. The molecule has 0 aliphatic carbocycles. The largest absolute Gasteiger partial charge is 0.455 e. The van der Waals surface area contributed by atoms with Crippen molar-refractivity contribution < 1.29 is 8.83 Å². The van der Waals surface area contributed by atoms with Crippen molar-refractivity contribution >= 4 is 65.7 Å². The van der Waals surface area contributed by atoms with Gasteiger partial charge in [0.05, 0.1) is 16.6 Å². The molecule has 0 spiro atoms. The number of aryl methyl sites for hydroxylation is 1. The summed E-state index contributed by atoms with van der Waals surface area (Å²) in [6.07, 6.45) is 0. The normalized spacial score (nSPS) is 12.0. The van der Waals surface area contributed by atoms with E-state index < -0.39 is 0 Å². The van der Waals surface area contributed by atoms with Gasteiger partial charge in [0, 0.05) is 38.0 Å². The van der Waals surface area contributed by atoms with Crippen molar-refractivity contribution in [2.24, 2.45) is 0 Å². The lowest BCUT2D eigenvalue weighted by Gasteiger charge is -2.08. The van der Waals surface area contributed by atoms with E-state index in [9.17, 15) is 0 Å².